The third kappa shape index (κ3) is 59.3. The molecule has 0 fully saturated rings. The summed E-state index contributed by atoms with van der Waals surface area (Å²) in [5.74, 6) is -0.912. The van der Waals surface area contributed by atoms with Gasteiger partial charge in [-0.2, -0.15) is 0 Å². The van der Waals surface area contributed by atoms with Crippen LogP contribution in [-0.4, -0.2) is 37.2 Å². The number of rotatable bonds is 56. The summed E-state index contributed by atoms with van der Waals surface area (Å²) in [6.07, 6.45) is 80.0. The Bertz CT molecular complexity index is 1400. The second-order valence-corrected chi connectivity index (χ2v) is 20.6. The van der Waals surface area contributed by atoms with Crippen molar-refractivity contribution in [2.24, 2.45) is 0 Å². The highest BCUT2D eigenvalue weighted by atomic mass is 16.6. The number of hydrogen-bond donors (Lipinski definition) is 0. The summed E-state index contributed by atoms with van der Waals surface area (Å²) in [5, 5.41) is 0. The topological polar surface area (TPSA) is 78.9 Å². The Kier molecular flexibility index (Phi) is 58.3. The van der Waals surface area contributed by atoms with Gasteiger partial charge in [-0.25, -0.2) is 0 Å². The first-order valence-corrected chi connectivity index (χ1v) is 31.1. The molecule has 0 saturated heterocycles. The van der Waals surface area contributed by atoms with Gasteiger partial charge in [0.05, 0.1) is 0 Å². The van der Waals surface area contributed by atoms with Crippen LogP contribution in [0.25, 0.3) is 0 Å². The smallest absolute Gasteiger partial charge is 0.306 e. The minimum atomic E-state index is -0.792. The zero-order valence-electron chi connectivity index (χ0n) is 48.1. The van der Waals surface area contributed by atoms with E-state index in [1.807, 2.05) is 0 Å². The van der Waals surface area contributed by atoms with E-state index in [2.05, 4.69) is 106 Å². The van der Waals surface area contributed by atoms with Crippen molar-refractivity contribution in [3.8, 4) is 0 Å². The Morgan fingerprint density at radius 2 is 0.534 bits per heavy atom. The van der Waals surface area contributed by atoms with E-state index in [0.717, 1.165) is 116 Å². The lowest BCUT2D eigenvalue weighted by Gasteiger charge is -2.18. The quantitative estimate of drug-likeness (QED) is 0.0261. The highest BCUT2D eigenvalue weighted by Crippen LogP contribution is 2.16. The molecule has 0 aromatic carbocycles. The van der Waals surface area contributed by atoms with E-state index in [-0.39, 0.29) is 31.1 Å². The third-order valence-electron chi connectivity index (χ3n) is 13.4. The van der Waals surface area contributed by atoms with Gasteiger partial charge in [0.1, 0.15) is 13.2 Å². The summed E-state index contributed by atoms with van der Waals surface area (Å²) in [7, 11) is 0. The van der Waals surface area contributed by atoms with E-state index in [1.165, 1.54) is 148 Å². The molecule has 6 heteroatoms. The summed E-state index contributed by atoms with van der Waals surface area (Å²) in [4.78, 5) is 38.3. The van der Waals surface area contributed by atoms with Gasteiger partial charge in [0.25, 0.3) is 0 Å². The van der Waals surface area contributed by atoms with Crippen molar-refractivity contribution in [1.82, 2.24) is 0 Å². The van der Waals surface area contributed by atoms with Gasteiger partial charge in [-0.1, -0.05) is 273 Å². The van der Waals surface area contributed by atoms with E-state index >= 15 is 0 Å². The maximum absolute atomic E-state index is 12.9. The van der Waals surface area contributed by atoms with Crippen molar-refractivity contribution >= 4 is 17.9 Å². The highest BCUT2D eigenvalue weighted by molar-refractivity contribution is 5.71. The number of esters is 3. The van der Waals surface area contributed by atoms with Crippen LogP contribution in [0.2, 0.25) is 0 Å². The first kappa shape index (κ1) is 69.6. The highest BCUT2D eigenvalue weighted by Gasteiger charge is 2.19. The molecule has 73 heavy (non-hydrogen) atoms. The number of ether oxygens (including phenoxy) is 3. The second kappa shape index (κ2) is 61.1. The Balaban J connectivity index is 4.43. The molecule has 0 spiro atoms. The lowest BCUT2D eigenvalue weighted by Crippen LogP contribution is -2.30. The number of carbonyl (C=O) groups excluding carboxylic acids is 3. The zero-order chi connectivity index (χ0) is 52.9. The van der Waals surface area contributed by atoms with E-state index in [9.17, 15) is 14.4 Å². The van der Waals surface area contributed by atoms with Gasteiger partial charge in [0.15, 0.2) is 6.10 Å². The largest absolute Gasteiger partial charge is 0.462 e. The molecular weight excluding hydrogens is 901 g/mol. The normalized spacial score (nSPS) is 12.6. The van der Waals surface area contributed by atoms with E-state index in [0.29, 0.717) is 19.3 Å². The molecule has 1 atom stereocenters. The number of unbranched alkanes of at least 4 members (excludes halogenated alkanes) is 31. The van der Waals surface area contributed by atoms with Crippen molar-refractivity contribution in [1.29, 1.82) is 0 Å². The van der Waals surface area contributed by atoms with Gasteiger partial charge in [-0.05, 0) is 96.3 Å². The van der Waals surface area contributed by atoms with Crippen LogP contribution in [0.15, 0.2) is 85.1 Å². The van der Waals surface area contributed by atoms with Crippen LogP contribution in [0.1, 0.15) is 303 Å². The molecule has 0 radical (unpaired) electrons. The fraction of sp³-hybridized carbons (Fsp3) is 0.746. The Morgan fingerprint density at radius 1 is 0.288 bits per heavy atom. The molecule has 0 N–H and O–H groups in total. The molecular formula is C67H116O6. The molecule has 0 amide bonds. The minimum Gasteiger partial charge on any atom is -0.462 e. The maximum Gasteiger partial charge on any atom is 0.306 e. The van der Waals surface area contributed by atoms with Crippen LogP contribution in [-0.2, 0) is 28.6 Å². The fourth-order valence-electron chi connectivity index (χ4n) is 8.74. The van der Waals surface area contributed by atoms with E-state index in [1.54, 1.807) is 0 Å². The number of carbonyl (C=O) groups is 3. The molecule has 0 rings (SSSR count). The van der Waals surface area contributed by atoms with Crippen LogP contribution in [0, 0.1) is 0 Å². The lowest BCUT2D eigenvalue weighted by atomic mass is 10.0. The molecule has 420 valence electrons. The maximum atomic E-state index is 12.9. The van der Waals surface area contributed by atoms with E-state index in [4.69, 9.17) is 14.2 Å². The summed E-state index contributed by atoms with van der Waals surface area (Å²) in [6.45, 7) is 6.50. The average Bonchev–Trinajstić information content (AvgIpc) is 3.39. The summed E-state index contributed by atoms with van der Waals surface area (Å²) in [5.41, 5.74) is 0. The van der Waals surface area contributed by atoms with Gasteiger partial charge < -0.3 is 14.2 Å². The molecule has 0 saturated carbocycles. The molecule has 1 unspecified atom stereocenters. The Morgan fingerprint density at radius 3 is 0.863 bits per heavy atom. The van der Waals surface area contributed by atoms with Gasteiger partial charge in [-0.15, -0.1) is 0 Å². The summed E-state index contributed by atoms with van der Waals surface area (Å²) >= 11 is 0. The van der Waals surface area contributed by atoms with Crippen molar-refractivity contribution in [3.63, 3.8) is 0 Å². The molecule has 0 aromatic rings. The lowest BCUT2D eigenvalue weighted by molar-refractivity contribution is -0.167. The van der Waals surface area contributed by atoms with Gasteiger partial charge in [0, 0.05) is 19.3 Å². The second-order valence-electron chi connectivity index (χ2n) is 20.6. The monoisotopic (exact) mass is 1020 g/mol. The standard InChI is InChI=1S/C67H116O6/c1-4-7-10-13-16-19-22-25-28-31-33-36-39-42-45-48-51-54-57-60-66(69)72-63-64(62-71-65(68)59-56-53-50-47-44-41-38-35-30-27-24-21-18-15-12-9-6-3)73-67(70)61-58-55-52-49-46-43-40-37-34-32-29-26-23-20-17-14-11-8-5-2/h9,12,16,18-19,21,25,27-28,30,33,36,38,41,64H,4-8,10-11,13-15,17,20,22-24,26,29,31-32,34-35,37,39-40,42-63H2,1-3H3/b12-9-,19-16-,21-18-,28-25-,30-27-,36-33-,41-38-. The predicted molar refractivity (Wildman–Crippen MR) is 316 cm³/mol. The molecule has 0 aliphatic heterocycles. The van der Waals surface area contributed by atoms with E-state index < -0.39 is 6.10 Å². The number of hydrogen-bond acceptors (Lipinski definition) is 6. The summed E-state index contributed by atoms with van der Waals surface area (Å²) in [6, 6.07) is 0. The van der Waals surface area contributed by atoms with Gasteiger partial charge in [0.2, 0.25) is 0 Å². The SMILES string of the molecule is CC/C=C\C/C=C\C/C=C\C/C=C\CCCCCCC(=O)OCC(COC(=O)CCCCCCCC/C=C\C/C=C\C/C=C\CCCCC)OC(=O)CCCCCCCCCCCCCCCCCCCCC. The third-order valence-corrected chi connectivity index (χ3v) is 13.4. The molecule has 0 aromatic heterocycles. The molecule has 0 aliphatic carbocycles. The van der Waals surface area contributed by atoms with Crippen molar-refractivity contribution in [3.05, 3.63) is 85.1 Å². The molecule has 6 nitrogen and oxygen atoms in total. The predicted octanol–water partition coefficient (Wildman–Crippen LogP) is 21.1. The zero-order valence-corrected chi connectivity index (χ0v) is 48.1. The van der Waals surface area contributed by atoms with Crippen molar-refractivity contribution < 1.29 is 28.6 Å². The van der Waals surface area contributed by atoms with Crippen LogP contribution in [0.3, 0.4) is 0 Å². The first-order valence-electron chi connectivity index (χ1n) is 31.1. The van der Waals surface area contributed by atoms with Crippen LogP contribution in [0.4, 0.5) is 0 Å². The first-order chi connectivity index (χ1) is 36.0. The van der Waals surface area contributed by atoms with Crippen molar-refractivity contribution in [2.75, 3.05) is 13.2 Å². The van der Waals surface area contributed by atoms with Gasteiger partial charge >= 0.3 is 17.9 Å². The van der Waals surface area contributed by atoms with Crippen LogP contribution < -0.4 is 0 Å². The Labute approximate surface area is 452 Å². The molecule has 0 heterocycles. The minimum absolute atomic E-state index is 0.0895. The molecule has 0 bridgehead atoms. The Hall–Kier alpha value is -3.41. The average molecular weight is 1020 g/mol. The van der Waals surface area contributed by atoms with Crippen LogP contribution in [0.5, 0.6) is 0 Å². The van der Waals surface area contributed by atoms with Gasteiger partial charge in [-0.3, -0.25) is 14.4 Å². The van der Waals surface area contributed by atoms with Crippen molar-refractivity contribution in [2.45, 2.75) is 309 Å². The van der Waals surface area contributed by atoms with Crippen LogP contribution >= 0.6 is 0 Å². The summed E-state index contributed by atoms with van der Waals surface area (Å²) < 4.78 is 16.9. The fourth-order valence-corrected chi connectivity index (χ4v) is 8.74. The number of allylic oxidation sites excluding steroid dienone is 14. The molecule has 0 aliphatic rings.